The molecule has 0 atom stereocenters. The van der Waals surface area contributed by atoms with Crippen molar-refractivity contribution in [3.05, 3.63) is 64.4 Å². The van der Waals surface area contributed by atoms with Crippen LogP contribution in [-0.4, -0.2) is 9.97 Å². The Morgan fingerprint density at radius 3 is 2.65 bits per heavy atom. The first-order valence-corrected chi connectivity index (χ1v) is 6.88. The quantitative estimate of drug-likeness (QED) is 0.721. The van der Waals surface area contributed by atoms with E-state index < -0.39 is 0 Å². The molecule has 3 nitrogen and oxygen atoms in total. The van der Waals surface area contributed by atoms with Crippen molar-refractivity contribution in [2.24, 2.45) is 0 Å². The Bertz CT molecular complexity index is 759. The third kappa shape index (κ3) is 2.84. The van der Waals surface area contributed by atoms with Crippen LogP contribution in [0.25, 0.3) is 10.9 Å². The molecule has 1 aromatic heterocycles. The maximum absolute atomic E-state index is 5.97. The average Bonchev–Trinajstić information content (AvgIpc) is 2.44. The van der Waals surface area contributed by atoms with Crippen molar-refractivity contribution < 1.29 is 0 Å². The summed E-state index contributed by atoms with van der Waals surface area (Å²) in [6, 6.07) is 15.4. The number of nitrogens with zero attached hydrogens (tertiary/aromatic N) is 2. The number of aromatic nitrogens is 2. The molecule has 3 aromatic rings. The van der Waals surface area contributed by atoms with Crippen LogP contribution in [0.2, 0.25) is 10.3 Å². The number of nitrogens with one attached hydrogen (secondary N) is 1. The Hall–Kier alpha value is -1.84. The number of benzene rings is 2. The predicted octanol–water partition coefficient (Wildman–Crippen LogP) is 4.55. The second kappa shape index (κ2) is 5.65. The van der Waals surface area contributed by atoms with Crippen LogP contribution in [0.4, 0.5) is 5.82 Å². The molecule has 100 valence electrons. The number of hydrogen-bond acceptors (Lipinski definition) is 3. The van der Waals surface area contributed by atoms with Gasteiger partial charge in [-0.2, -0.15) is 0 Å². The molecule has 0 fully saturated rings. The Morgan fingerprint density at radius 2 is 1.80 bits per heavy atom. The summed E-state index contributed by atoms with van der Waals surface area (Å²) in [5.74, 6) is 0.723. The molecule has 0 aliphatic carbocycles. The highest BCUT2D eigenvalue weighted by Gasteiger charge is 2.05. The minimum absolute atomic E-state index is 0.234. The highest BCUT2D eigenvalue weighted by molar-refractivity contribution is 6.30. The van der Waals surface area contributed by atoms with E-state index in [0.717, 1.165) is 27.3 Å². The fourth-order valence-electron chi connectivity index (χ4n) is 2.02. The molecule has 1 heterocycles. The van der Waals surface area contributed by atoms with Gasteiger partial charge in [-0.25, -0.2) is 9.97 Å². The Labute approximate surface area is 126 Å². The maximum Gasteiger partial charge on any atom is 0.224 e. The summed E-state index contributed by atoms with van der Waals surface area (Å²) in [7, 11) is 0. The molecule has 0 saturated carbocycles. The lowest BCUT2D eigenvalue weighted by Gasteiger charge is -2.09. The average molecular weight is 304 g/mol. The molecule has 0 spiro atoms. The number of hydrogen-bond donors (Lipinski definition) is 1. The van der Waals surface area contributed by atoms with Crippen LogP contribution >= 0.6 is 23.2 Å². The molecule has 0 bridgehead atoms. The Balaban J connectivity index is 1.91. The topological polar surface area (TPSA) is 37.8 Å². The fourth-order valence-corrected chi connectivity index (χ4v) is 2.40. The standard InChI is InChI=1S/C15H11Cl2N3/c16-11-5-3-4-10(8-11)9-18-14-12-6-1-2-7-13(12)19-15(17)20-14/h1-8H,9H2,(H,18,19,20). The van der Waals surface area contributed by atoms with Gasteiger partial charge >= 0.3 is 0 Å². The molecule has 0 aliphatic rings. The van der Waals surface area contributed by atoms with Crippen molar-refractivity contribution in [2.75, 3.05) is 5.32 Å². The van der Waals surface area contributed by atoms with E-state index in [9.17, 15) is 0 Å². The van der Waals surface area contributed by atoms with Gasteiger partial charge in [-0.3, -0.25) is 0 Å². The number of fused-ring (bicyclic) bond motifs is 1. The number of anilines is 1. The fraction of sp³-hybridized carbons (Fsp3) is 0.0667. The van der Waals surface area contributed by atoms with Crippen LogP contribution in [0.3, 0.4) is 0 Å². The van der Waals surface area contributed by atoms with Gasteiger partial charge in [0.05, 0.1) is 5.52 Å². The van der Waals surface area contributed by atoms with Crippen LogP contribution < -0.4 is 5.32 Å². The molecule has 2 aromatic carbocycles. The molecule has 0 aliphatic heterocycles. The second-order valence-electron chi connectivity index (χ2n) is 4.34. The molecule has 0 saturated heterocycles. The van der Waals surface area contributed by atoms with Gasteiger partial charge in [0.1, 0.15) is 5.82 Å². The van der Waals surface area contributed by atoms with Crippen molar-refractivity contribution in [3.8, 4) is 0 Å². The third-order valence-electron chi connectivity index (χ3n) is 2.92. The lowest BCUT2D eigenvalue weighted by atomic mass is 10.2. The Kier molecular flexibility index (Phi) is 3.72. The summed E-state index contributed by atoms with van der Waals surface area (Å²) in [5.41, 5.74) is 1.90. The molecule has 3 rings (SSSR count). The van der Waals surface area contributed by atoms with Crippen molar-refractivity contribution in [1.82, 2.24) is 9.97 Å². The largest absolute Gasteiger partial charge is 0.365 e. The van der Waals surface area contributed by atoms with Gasteiger partial charge in [0, 0.05) is 17.0 Å². The SMILES string of the molecule is Clc1cccc(CNc2nc(Cl)nc3ccccc23)c1. The highest BCUT2D eigenvalue weighted by Crippen LogP contribution is 2.22. The van der Waals surface area contributed by atoms with Gasteiger partial charge in [0.2, 0.25) is 5.28 Å². The number of rotatable bonds is 3. The van der Waals surface area contributed by atoms with Gasteiger partial charge < -0.3 is 5.32 Å². The third-order valence-corrected chi connectivity index (χ3v) is 3.33. The predicted molar refractivity (Wildman–Crippen MR) is 83.3 cm³/mol. The smallest absolute Gasteiger partial charge is 0.224 e. The first-order valence-electron chi connectivity index (χ1n) is 6.13. The molecule has 0 radical (unpaired) electrons. The van der Waals surface area contributed by atoms with Crippen LogP contribution in [0, 0.1) is 0 Å². The van der Waals surface area contributed by atoms with Crippen molar-refractivity contribution in [2.45, 2.75) is 6.54 Å². The van der Waals surface area contributed by atoms with Gasteiger partial charge in [0.25, 0.3) is 0 Å². The number of halogens is 2. The summed E-state index contributed by atoms with van der Waals surface area (Å²) < 4.78 is 0. The first kappa shape index (κ1) is 13.2. The minimum atomic E-state index is 0.234. The van der Waals surface area contributed by atoms with E-state index >= 15 is 0 Å². The van der Waals surface area contributed by atoms with Gasteiger partial charge in [0.15, 0.2) is 0 Å². The zero-order chi connectivity index (χ0) is 13.9. The number of para-hydroxylation sites is 1. The second-order valence-corrected chi connectivity index (χ2v) is 5.12. The monoisotopic (exact) mass is 303 g/mol. The van der Waals surface area contributed by atoms with E-state index in [0.29, 0.717) is 6.54 Å². The zero-order valence-electron chi connectivity index (χ0n) is 10.5. The lowest BCUT2D eigenvalue weighted by Crippen LogP contribution is -2.03. The molecular formula is C15H11Cl2N3. The Morgan fingerprint density at radius 1 is 0.950 bits per heavy atom. The molecule has 20 heavy (non-hydrogen) atoms. The van der Waals surface area contributed by atoms with E-state index in [-0.39, 0.29) is 5.28 Å². The van der Waals surface area contributed by atoms with E-state index in [4.69, 9.17) is 23.2 Å². The molecule has 0 unspecified atom stereocenters. The zero-order valence-corrected chi connectivity index (χ0v) is 12.0. The molecule has 0 amide bonds. The summed E-state index contributed by atoms with van der Waals surface area (Å²) >= 11 is 11.9. The summed E-state index contributed by atoms with van der Waals surface area (Å²) in [6.45, 7) is 0.623. The summed E-state index contributed by atoms with van der Waals surface area (Å²) in [6.07, 6.45) is 0. The molecule has 5 heteroatoms. The van der Waals surface area contributed by atoms with E-state index in [2.05, 4.69) is 15.3 Å². The van der Waals surface area contributed by atoms with Crippen molar-refractivity contribution in [1.29, 1.82) is 0 Å². The maximum atomic E-state index is 5.97. The van der Waals surface area contributed by atoms with Gasteiger partial charge in [-0.1, -0.05) is 35.9 Å². The molecule has 1 N–H and O–H groups in total. The van der Waals surface area contributed by atoms with E-state index in [1.165, 1.54) is 0 Å². The minimum Gasteiger partial charge on any atom is -0.365 e. The highest BCUT2D eigenvalue weighted by atomic mass is 35.5. The first-order chi connectivity index (χ1) is 9.72. The van der Waals surface area contributed by atoms with Crippen LogP contribution in [0.1, 0.15) is 5.56 Å². The lowest BCUT2D eigenvalue weighted by molar-refractivity contribution is 1.10. The van der Waals surface area contributed by atoms with Crippen LogP contribution in [0.5, 0.6) is 0 Å². The molecular weight excluding hydrogens is 293 g/mol. The van der Waals surface area contributed by atoms with Crippen molar-refractivity contribution in [3.63, 3.8) is 0 Å². The summed E-state index contributed by atoms with van der Waals surface area (Å²) in [4.78, 5) is 8.45. The van der Waals surface area contributed by atoms with Gasteiger partial charge in [-0.15, -0.1) is 0 Å². The van der Waals surface area contributed by atoms with Gasteiger partial charge in [-0.05, 0) is 41.4 Å². The van der Waals surface area contributed by atoms with Crippen LogP contribution in [-0.2, 0) is 6.54 Å². The normalized spacial score (nSPS) is 10.7. The van der Waals surface area contributed by atoms with Crippen molar-refractivity contribution >= 4 is 39.9 Å². The van der Waals surface area contributed by atoms with Crippen LogP contribution in [0.15, 0.2) is 48.5 Å². The van der Waals surface area contributed by atoms with E-state index in [1.807, 2.05) is 48.5 Å². The van der Waals surface area contributed by atoms with E-state index in [1.54, 1.807) is 0 Å². The summed E-state index contributed by atoms with van der Waals surface area (Å²) in [5, 5.41) is 5.17.